The van der Waals surface area contributed by atoms with Crippen LogP contribution in [0.4, 0.5) is 5.82 Å². The summed E-state index contributed by atoms with van der Waals surface area (Å²) in [5, 5.41) is 10.1. The van der Waals surface area contributed by atoms with E-state index < -0.39 is 0 Å². The lowest BCUT2D eigenvalue weighted by atomic mass is 9.97. The summed E-state index contributed by atoms with van der Waals surface area (Å²) in [6.45, 7) is 1.87. The van der Waals surface area contributed by atoms with E-state index in [1.807, 2.05) is 7.05 Å². The van der Waals surface area contributed by atoms with Crippen molar-refractivity contribution in [1.29, 1.82) is 0 Å². The van der Waals surface area contributed by atoms with E-state index in [1.165, 1.54) is 0 Å². The number of piperidine rings is 1. The van der Waals surface area contributed by atoms with Crippen molar-refractivity contribution in [2.24, 2.45) is 13.0 Å². The van der Waals surface area contributed by atoms with Crippen LogP contribution in [0.5, 0.6) is 0 Å². The van der Waals surface area contributed by atoms with Crippen molar-refractivity contribution in [2.45, 2.75) is 12.8 Å². The molecule has 1 amide bonds. The molecule has 2 heterocycles. The lowest BCUT2D eigenvalue weighted by Gasteiger charge is -2.21. The topological polar surface area (TPSA) is 59.0 Å². The summed E-state index contributed by atoms with van der Waals surface area (Å²) in [4.78, 5) is 11.8. The maximum absolute atomic E-state index is 11.8. The minimum atomic E-state index is 0. The molecule has 16 heavy (non-hydrogen) atoms. The molecular formula is C10H17ClN4O. The van der Waals surface area contributed by atoms with Gasteiger partial charge >= 0.3 is 0 Å². The minimum absolute atomic E-state index is 0. The molecule has 90 valence electrons. The molecule has 1 fully saturated rings. The van der Waals surface area contributed by atoms with Crippen LogP contribution in [0.15, 0.2) is 12.3 Å². The first-order chi connectivity index (χ1) is 7.27. The van der Waals surface area contributed by atoms with Crippen molar-refractivity contribution < 1.29 is 4.79 Å². The Morgan fingerprint density at radius 2 is 2.25 bits per heavy atom. The molecule has 1 saturated heterocycles. The van der Waals surface area contributed by atoms with Gasteiger partial charge in [0.05, 0.1) is 6.20 Å². The Kier molecular flexibility index (Phi) is 4.76. The van der Waals surface area contributed by atoms with Gasteiger partial charge in [0.25, 0.3) is 0 Å². The molecule has 0 radical (unpaired) electrons. The largest absolute Gasteiger partial charge is 0.317 e. The molecule has 1 aliphatic rings. The summed E-state index contributed by atoms with van der Waals surface area (Å²) in [5.41, 5.74) is 0. The van der Waals surface area contributed by atoms with Crippen molar-refractivity contribution in [3.63, 3.8) is 0 Å². The van der Waals surface area contributed by atoms with Crippen molar-refractivity contribution >= 4 is 24.1 Å². The van der Waals surface area contributed by atoms with Crippen molar-refractivity contribution in [3.8, 4) is 0 Å². The highest BCUT2D eigenvalue weighted by molar-refractivity contribution is 5.91. The number of aromatic nitrogens is 2. The number of halogens is 1. The second kappa shape index (κ2) is 5.86. The average molecular weight is 245 g/mol. The highest BCUT2D eigenvalue weighted by Crippen LogP contribution is 2.14. The summed E-state index contributed by atoms with van der Waals surface area (Å²) in [6.07, 6.45) is 3.52. The molecule has 0 saturated carbocycles. The SMILES string of the molecule is Cl.Cn1nccc1NC(=O)C1CCNCC1. The first-order valence-electron chi connectivity index (χ1n) is 5.27. The second-order valence-corrected chi connectivity index (χ2v) is 3.85. The van der Waals surface area contributed by atoms with Gasteiger partial charge in [0, 0.05) is 19.0 Å². The van der Waals surface area contributed by atoms with E-state index in [0.29, 0.717) is 0 Å². The van der Waals surface area contributed by atoms with Crippen molar-refractivity contribution in [3.05, 3.63) is 12.3 Å². The summed E-state index contributed by atoms with van der Waals surface area (Å²) in [7, 11) is 1.82. The molecule has 2 rings (SSSR count). The number of rotatable bonds is 2. The molecule has 0 atom stereocenters. The number of nitrogens with one attached hydrogen (secondary N) is 2. The van der Waals surface area contributed by atoms with Gasteiger partial charge in [-0.25, -0.2) is 0 Å². The molecule has 0 aromatic carbocycles. The predicted octanol–water partition coefficient (Wildman–Crippen LogP) is 0.780. The zero-order valence-corrected chi connectivity index (χ0v) is 10.1. The number of hydrogen-bond acceptors (Lipinski definition) is 3. The zero-order chi connectivity index (χ0) is 10.7. The Labute approximate surface area is 101 Å². The highest BCUT2D eigenvalue weighted by atomic mass is 35.5. The van der Waals surface area contributed by atoms with E-state index in [9.17, 15) is 4.79 Å². The van der Waals surface area contributed by atoms with Gasteiger partial charge in [0.2, 0.25) is 5.91 Å². The number of hydrogen-bond donors (Lipinski definition) is 2. The van der Waals surface area contributed by atoms with Crippen LogP contribution in [0.25, 0.3) is 0 Å². The lowest BCUT2D eigenvalue weighted by molar-refractivity contribution is -0.120. The lowest BCUT2D eigenvalue weighted by Crippen LogP contribution is -2.34. The van der Waals surface area contributed by atoms with Gasteiger partial charge in [-0.15, -0.1) is 12.4 Å². The van der Waals surface area contributed by atoms with Crippen LogP contribution in [0.1, 0.15) is 12.8 Å². The molecule has 1 aliphatic heterocycles. The fourth-order valence-corrected chi connectivity index (χ4v) is 1.81. The maximum Gasteiger partial charge on any atom is 0.228 e. The third kappa shape index (κ3) is 2.96. The van der Waals surface area contributed by atoms with Gasteiger partial charge in [-0.3, -0.25) is 9.48 Å². The normalized spacial score (nSPS) is 16.6. The Morgan fingerprint density at radius 3 is 2.81 bits per heavy atom. The molecule has 6 heteroatoms. The van der Waals surface area contributed by atoms with Crippen molar-refractivity contribution in [2.75, 3.05) is 18.4 Å². The van der Waals surface area contributed by atoms with E-state index in [4.69, 9.17) is 0 Å². The molecule has 0 spiro atoms. The first-order valence-corrected chi connectivity index (χ1v) is 5.27. The van der Waals surface area contributed by atoms with E-state index in [1.54, 1.807) is 16.9 Å². The van der Waals surface area contributed by atoms with Gasteiger partial charge in [0.15, 0.2) is 0 Å². The number of carbonyl (C=O) groups is 1. The van der Waals surface area contributed by atoms with E-state index in [0.717, 1.165) is 31.7 Å². The average Bonchev–Trinajstić information content (AvgIpc) is 2.66. The van der Waals surface area contributed by atoms with Crippen LogP contribution in [-0.2, 0) is 11.8 Å². The summed E-state index contributed by atoms with van der Waals surface area (Å²) in [5.74, 6) is 1.01. The number of anilines is 1. The summed E-state index contributed by atoms with van der Waals surface area (Å²) < 4.78 is 1.67. The van der Waals surface area contributed by atoms with E-state index >= 15 is 0 Å². The smallest absolute Gasteiger partial charge is 0.228 e. The number of aryl methyl sites for hydroxylation is 1. The van der Waals surface area contributed by atoms with Gasteiger partial charge in [-0.1, -0.05) is 0 Å². The molecule has 5 nitrogen and oxygen atoms in total. The molecule has 0 unspecified atom stereocenters. The Hall–Kier alpha value is -1.07. The summed E-state index contributed by atoms with van der Waals surface area (Å²) in [6, 6.07) is 1.80. The fraction of sp³-hybridized carbons (Fsp3) is 0.600. The van der Waals surface area contributed by atoms with Crippen LogP contribution in [0, 0.1) is 5.92 Å². The molecule has 1 aromatic heterocycles. The molecular weight excluding hydrogens is 228 g/mol. The molecule has 1 aromatic rings. The van der Waals surface area contributed by atoms with Crippen LogP contribution >= 0.6 is 12.4 Å². The van der Waals surface area contributed by atoms with Gasteiger partial charge in [0.1, 0.15) is 5.82 Å². The number of amides is 1. The zero-order valence-electron chi connectivity index (χ0n) is 9.27. The number of carbonyl (C=O) groups excluding carboxylic acids is 1. The predicted molar refractivity (Wildman–Crippen MR) is 64.7 cm³/mol. The van der Waals surface area contributed by atoms with E-state index in [2.05, 4.69) is 15.7 Å². The van der Waals surface area contributed by atoms with Gasteiger partial charge in [-0.2, -0.15) is 5.10 Å². The Morgan fingerprint density at radius 1 is 1.56 bits per heavy atom. The first kappa shape index (κ1) is 13.0. The van der Waals surface area contributed by atoms with Gasteiger partial charge < -0.3 is 10.6 Å². The quantitative estimate of drug-likeness (QED) is 0.809. The third-order valence-corrected chi connectivity index (χ3v) is 2.78. The number of nitrogens with zero attached hydrogens (tertiary/aromatic N) is 2. The standard InChI is InChI=1S/C10H16N4O.ClH/c1-14-9(4-7-12-14)13-10(15)8-2-5-11-6-3-8;/h4,7-8,11H,2-3,5-6H2,1H3,(H,13,15);1H. The van der Waals surface area contributed by atoms with Crippen molar-refractivity contribution in [1.82, 2.24) is 15.1 Å². The van der Waals surface area contributed by atoms with Crippen LogP contribution in [-0.4, -0.2) is 28.8 Å². The maximum atomic E-state index is 11.8. The third-order valence-electron chi connectivity index (χ3n) is 2.78. The molecule has 0 bridgehead atoms. The highest BCUT2D eigenvalue weighted by Gasteiger charge is 2.21. The Bertz CT molecular complexity index is 346. The van der Waals surface area contributed by atoms with Gasteiger partial charge in [-0.05, 0) is 25.9 Å². The van der Waals surface area contributed by atoms with Crippen LogP contribution in [0.3, 0.4) is 0 Å². The Balaban J connectivity index is 0.00000128. The van der Waals surface area contributed by atoms with Crippen LogP contribution in [0.2, 0.25) is 0 Å². The molecule has 0 aliphatic carbocycles. The summed E-state index contributed by atoms with van der Waals surface area (Å²) >= 11 is 0. The fourth-order valence-electron chi connectivity index (χ4n) is 1.81. The second-order valence-electron chi connectivity index (χ2n) is 3.85. The monoisotopic (exact) mass is 244 g/mol. The minimum Gasteiger partial charge on any atom is -0.317 e. The van der Waals surface area contributed by atoms with Crippen LogP contribution < -0.4 is 10.6 Å². The molecule has 2 N–H and O–H groups in total. The van der Waals surface area contributed by atoms with E-state index in [-0.39, 0.29) is 24.2 Å².